The molecule has 1 atom stereocenters. The first kappa shape index (κ1) is 14.9. The van der Waals surface area contributed by atoms with Gasteiger partial charge in [-0.15, -0.1) is 11.3 Å². The van der Waals surface area contributed by atoms with Gasteiger partial charge < -0.3 is 10.5 Å². The SMILES string of the molecule is CCC(N)Cc1nc(C)ccc1OCc1csc(C)n1. The highest BCUT2D eigenvalue weighted by atomic mass is 32.1. The maximum atomic E-state index is 6.03. The molecule has 0 aromatic carbocycles. The number of pyridine rings is 1. The van der Waals surface area contributed by atoms with Gasteiger partial charge in [-0.1, -0.05) is 6.92 Å². The zero-order valence-electron chi connectivity index (χ0n) is 12.2. The first-order valence-corrected chi connectivity index (χ1v) is 7.72. The highest BCUT2D eigenvalue weighted by Gasteiger charge is 2.11. The molecule has 2 N–H and O–H groups in total. The molecule has 0 aliphatic carbocycles. The van der Waals surface area contributed by atoms with Crippen LogP contribution in [0.15, 0.2) is 17.5 Å². The summed E-state index contributed by atoms with van der Waals surface area (Å²) in [6, 6.07) is 4.05. The monoisotopic (exact) mass is 291 g/mol. The molecule has 0 fully saturated rings. The van der Waals surface area contributed by atoms with E-state index in [0.717, 1.165) is 40.7 Å². The Morgan fingerprint density at radius 2 is 2.10 bits per heavy atom. The normalized spacial score (nSPS) is 12.4. The summed E-state index contributed by atoms with van der Waals surface area (Å²) in [5.41, 5.74) is 8.91. The highest BCUT2D eigenvalue weighted by Crippen LogP contribution is 2.20. The van der Waals surface area contributed by atoms with E-state index in [4.69, 9.17) is 10.5 Å². The van der Waals surface area contributed by atoms with E-state index in [1.165, 1.54) is 0 Å². The van der Waals surface area contributed by atoms with E-state index in [1.807, 2.05) is 31.4 Å². The molecule has 2 rings (SSSR count). The molecule has 0 saturated heterocycles. The molecule has 2 aromatic rings. The predicted molar refractivity (Wildman–Crippen MR) is 82.1 cm³/mol. The lowest BCUT2D eigenvalue weighted by molar-refractivity contribution is 0.296. The second kappa shape index (κ2) is 6.81. The number of rotatable bonds is 6. The lowest BCUT2D eigenvalue weighted by atomic mass is 10.1. The van der Waals surface area contributed by atoms with Crippen molar-refractivity contribution in [3.8, 4) is 5.75 Å². The molecule has 0 spiro atoms. The Kier molecular flexibility index (Phi) is 5.09. The first-order chi connectivity index (χ1) is 9.58. The molecule has 0 saturated carbocycles. The number of nitrogens with zero attached hydrogens (tertiary/aromatic N) is 2. The van der Waals surface area contributed by atoms with Crippen molar-refractivity contribution in [3.63, 3.8) is 0 Å². The van der Waals surface area contributed by atoms with Crippen LogP contribution in [0.5, 0.6) is 5.75 Å². The van der Waals surface area contributed by atoms with Crippen molar-refractivity contribution >= 4 is 11.3 Å². The number of hydrogen-bond acceptors (Lipinski definition) is 5. The molecule has 20 heavy (non-hydrogen) atoms. The average Bonchev–Trinajstić information content (AvgIpc) is 2.83. The molecule has 2 heterocycles. The molecule has 108 valence electrons. The van der Waals surface area contributed by atoms with Gasteiger partial charge in [0.2, 0.25) is 0 Å². The van der Waals surface area contributed by atoms with Gasteiger partial charge in [0.1, 0.15) is 12.4 Å². The molecule has 4 nitrogen and oxygen atoms in total. The minimum absolute atomic E-state index is 0.119. The third kappa shape index (κ3) is 4.02. The summed E-state index contributed by atoms with van der Waals surface area (Å²) >= 11 is 1.63. The van der Waals surface area contributed by atoms with Crippen molar-refractivity contribution < 1.29 is 4.74 Å². The standard InChI is InChI=1S/C15H21N3OS/c1-4-12(16)7-14-15(6-5-10(2)17-14)19-8-13-9-20-11(3)18-13/h5-6,9,12H,4,7-8,16H2,1-3H3. The van der Waals surface area contributed by atoms with Crippen LogP contribution in [0.2, 0.25) is 0 Å². The van der Waals surface area contributed by atoms with E-state index in [0.29, 0.717) is 6.61 Å². The molecule has 2 aromatic heterocycles. The zero-order chi connectivity index (χ0) is 14.5. The molecule has 0 aliphatic heterocycles. The summed E-state index contributed by atoms with van der Waals surface area (Å²) in [6.07, 6.45) is 1.67. The van der Waals surface area contributed by atoms with Gasteiger partial charge in [0.05, 0.1) is 16.4 Å². The number of nitrogens with two attached hydrogens (primary N) is 1. The fourth-order valence-electron chi connectivity index (χ4n) is 1.89. The van der Waals surface area contributed by atoms with Gasteiger partial charge in [-0.05, 0) is 32.4 Å². The molecule has 0 radical (unpaired) electrons. The number of thiazole rings is 1. The summed E-state index contributed by atoms with van der Waals surface area (Å²) in [6.45, 7) is 6.53. The van der Waals surface area contributed by atoms with Crippen LogP contribution in [0, 0.1) is 13.8 Å². The summed E-state index contributed by atoms with van der Waals surface area (Å²) in [7, 11) is 0. The molecular weight excluding hydrogens is 270 g/mol. The van der Waals surface area contributed by atoms with Gasteiger partial charge in [0.25, 0.3) is 0 Å². The second-order valence-corrected chi connectivity index (χ2v) is 5.98. The Bertz CT molecular complexity index is 568. The Labute approximate surface area is 124 Å². The molecule has 1 unspecified atom stereocenters. The van der Waals surface area contributed by atoms with E-state index in [9.17, 15) is 0 Å². The molecular formula is C15H21N3OS. The highest BCUT2D eigenvalue weighted by molar-refractivity contribution is 7.09. The van der Waals surface area contributed by atoms with Crippen LogP contribution in [-0.2, 0) is 13.0 Å². The van der Waals surface area contributed by atoms with Gasteiger partial charge >= 0.3 is 0 Å². The molecule has 0 amide bonds. The van der Waals surface area contributed by atoms with Gasteiger partial charge in [-0.2, -0.15) is 0 Å². The van der Waals surface area contributed by atoms with Crippen molar-refractivity contribution in [1.82, 2.24) is 9.97 Å². The van der Waals surface area contributed by atoms with Gasteiger partial charge in [0.15, 0.2) is 0 Å². The average molecular weight is 291 g/mol. The van der Waals surface area contributed by atoms with Crippen molar-refractivity contribution in [1.29, 1.82) is 0 Å². The minimum Gasteiger partial charge on any atom is -0.485 e. The van der Waals surface area contributed by atoms with Crippen LogP contribution in [0.3, 0.4) is 0 Å². The van der Waals surface area contributed by atoms with Crippen molar-refractivity contribution in [2.75, 3.05) is 0 Å². The fraction of sp³-hybridized carbons (Fsp3) is 0.467. The van der Waals surface area contributed by atoms with Crippen LogP contribution in [0.4, 0.5) is 0 Å². The number of ether oxygens (including phenoxy) is 1. The minimum atomic E-state index is 0.119. The lowest BCUT2D eigenvalue weighted by Gasteiger charge is -2.13. The van der Waals surface area contributed by atoms with E-state index in [2.05, 4.69) is 16.9 Å². The number of aryl methyl sites for hydroxylation is 2. The quantitative estimate of drug-likeness (QED) is 0.888. The van der Waals surface area contributed by atoms with Crippen molar-refractivity contribution in [2.45, 2.75) is 46.3 Å². The maximum absolute atomic E-state index is 6.03. The van der Waals surface area contributed by atoms with E-state index < -0.39 is 0 Å². The van der Waals surface area contributed by atoms with Crippen molar-refractivity contribution in [3.05, 3.63) is 39.6 Å². The van der Waals surface area contributed by atoms with Crippen LogP contribution < -0.4 is 10.5 Å². The topological polar surface area (TPSA) is 61.0 Å². The number of aromatic nitrogens is 2. The van der Waals surface area contributed by atoms with Gasteiger partial charge in [-0.3, -0.25) is 4.98 Å². The molecule has 5 heteroatoms. The molecule has 0 aliphatic rings. The summed E-state index contributed by atoms with van der Waals surface area (Å²) in [4.78, 5) is 8.95. The fourth-order valence-corrected chi connectivity index (χ4v) is 2.49. The Morgan fingerprint density at radius 3 is 2.75 bits per heavy atom. The Hall–Kier alpha value is -1.46. The third-order valence-electron chi connectivity index (χ3n) is 3.09. The number of hydrogen-bond donors (Lipinski definition) is 1. The van der Waals surface area contributed by atoms with Crippen molar-refractivity contribution in [2.24, 2.45) is 5.73 Å². The summed E-state index contributed by atoms with van der Waals surface area (Å²) in [5.74, 6) is 0.810. The molecule has 0 bridgehead atoms. The van der Waals surface area contributed by atoms with E-state index in [1.54, 1.807) is 11.3 Å². The van der Waals surface area contributed by atoms with Gasteiger partial charge in [0, 0.05) is 23.5 Å². The summed E-state index contributed by atoms with van der Waals surface area (Å²) < 4.78 is 5.86. The maximum Gasteiger partial charge on any atom is 0.141 e. The van der Waals surface area contributed by atoms with Crippen LogP contribution >= 0.6 is 11.3 Å². The predicted octanol–water partition coefficient (Wildman–Crippen LogP) is 3.01. The third-order valence-corrected chi connectivity index (χ3v) is 3.92. The van der Waals surface area contributed by atoms with E-state index in [-0.39, 0.29) is 6.04 Å². The van der Waals surface area contributed by atoms with E-state index >= 15 is 0 Å². The van der Waals surface area contributed by atoms with Crippen LogP contribution in [-0.4, -0.2) is 16.0 Å². The zero-order valence-corrected chi connectivity index (χ0v) is 13.0. The van der Waals surface area contributed by atoms with Crippen LogP contribution in [0.25, 0.3) is 0 Å². The lowest BCUT2D eigenvalue weighted by Crippen LogP contribution is -2.22. The Balaban J connectivity index is 2.09. The smallest absolute Gasteiger partial charge is 0.141 e. The summed E-state index contributed by atoms with van der Waals surface area (Å²) in [5, 5.41) is 3.08. The largest absolute Gasteiger partial charge is 0.485 e. The second-order valence-electron chi connectivity index (χ2n) is 4.92. The van der Waals surface area contributed by atoms with Crippen LogP contribution in [0.1, 0.15) is 35.4 Å². The Morgan fingerprint density at radius 1 is 1.30 bits per heavy atom. The van der Waals surface area contributed by atoms with Gasteiger partial charge in [-0.25, -0.2) is 4.98 Å². The first-order valence-electron chi connectivity index (χ1n) is 6.84.